The second kappa shape index (κ2) is 8.44. The minimum Gasteiger partial charge on any atom is -0.338 e. The Morgan fingerprint density at radius 1 is 1.17 bits per heavy atom. The van der Waals surface area contributed by atoms with Gasteiger partial charge in [-0.25, -0.2) is 4.39 Å². The van der Waals surface area contributed by atoms with Gasteiger partial charge in [-0.1, -0.05) is 0 Å². The molecule has 0 unspecified atom stereocenters. The van der Waals surface area contributed by atoms with E-state index in [-0.39, 0.29) is 23.5 Å². The van der Waals surface area contributed by atoms with Crippen molar-refractivity contribution in [3.05, 3.63) is 77.1 Å². The average Bonchev–Trinajstić information content (AvgIpc) is 3.21. The molecule has 3 heterocycles. The number of halogens is 1. The number of hydrogen-bond donors (Lipinski definition) is 2. The van der Waals surface area contributed by atoms with Crippen molar-refractivity contribution in [1.29, 1.82) is 0 Å². The van der Waals surface area contributed by atoms with Crippen LogP contribution in [0.4, 0.5) is 10.1 Å². The van der Waals surface area contributed by atoms with E-state index in [0.717, 1.165) is 24.2 Å². The molecule has 7 nitrogen and oxygen atoms in total. The quantitative estimate of drug-likeness (QED) is 0.692. The highest BCUT2D eigenvalue weighted by molar-refractivity contribution is 6.04. The molecule has 0 spiro atoms. The number of H-pyrrole nitrogens is 1. The van der Waals surface area contributed by atoms with Crippen LogP contribution in [0.15, 0.2) is 48.8 Å². The van der Waals surface area contributed by atoms with Gasteiger partial charge in [0, 0.05) is 42.3 Å². The molecule has 1 aliphatic heterocycles. The molecular weight excluding hydrogens is 385 g/mol. The SMILES string of the molecule is Cc1[nH]ncc1C(=O)N1CCC[C@@H](c2ccc(C(=O)Nc3ccc(F)cc3)cn2)C1. The fourth-order valence-electron chi connectivity index (χ4n) is 3.66. The zero-order valence-electron chi connectivity index (χ0n) is 16.6. The van der Waals surface area contributed by atoms with Crippen LogP contribution in [0.3, 0.4) is 0 Å². The van der Waals surface area contributed by atoms with Gasteiger partial charge in [0.1, 0.15) is 5.82 Å². The van der Waals surface area contributed by atoms with Crippen LogP contribution in [0.1, 0.15) is 50.9 Å². The van der Waals surface area contributed by atoms with Gasteiger partial charge in [0.25, 0.3) is 11.8 Å². The van der Waals surface area contributed by atoms with Crippen molar-refractivity contribution in [2.75, 3.05) is 18.4 Å². The lowest BCUT2D eigenvalue weighted by molar-refractivity contribution is 0.0705. The lowest BCUT2D eigenvalue weighted by Crippen LogP contribution is -2.39. The van der Waals surface area contributed by atoms with E-state index in [9.17, 15) is 14.0 Å². The summed E-state index contributed by atoms with van der Waals surface area (Å²) in [4.78, 5) is 31.5. The number of anilines is 1. The standard InChI is InChI=1S/C22H22FN5O2/c1-14-19(12-25-27-14)22(30)28-10-2-3-16(13-28)20-9-4-15(11-24-20)21(29)26-18-7-5-17(23)6-8-18/h4-9,11-12,16H,2-3,10,13H2,1H3,(H,25,27)(H,26,29)/t16-/m1/s1. The molecule has 0 bridgehead atoms. The first-order chi connectivity index (χ1) is 14.5. The summed E-state index contributed by atoms with van der Waals surface area (Å²) in [5, 5.41) is 9.46. The van der Waals surface area contributed by atoms with E-state index in [4.69, 9.17) is 0 Å². The lowest BCUT2D eigenvalue weighted by atomic mass is 9.93. The number of nitrogens with one attached hydrogen (secondary N) is 2. The van der Waals surface area contributed by atoms with Gasteiger partial charge in [-0.05, 0) is 56.2 Å². The van der Waals surface area contributed by atoms with Crippen LogP contribution in [0.2, 0.25) is 0 Å². The molecule has 154 valence electrons. The predicted molar refractivity (Wildman–Crippen MR) is 110 cm³/mol. The molecule has 1 saturated heterocycles. The van der Waals surface area contributed by atoms with Gasteiger partial charge in [-0.2, -0.15) is 5.10 Å². The van der Waals surface area contributed by atoms with Gasteiger partial charge < -0.3 is 10.2 Å². The summed E-state index contributed by atoms with van der Waals surface area (Å²) < 4.78 is 13.0. The number of aromatic nitrogens is 3. The summed E-state index contributed by atoms with van der Waals surface area (Å²) in [5.41, 5.74) is 3.14. The Balaban J connectivity index is 1.42. The molecule has 2 aromatic heterocycles. The van der Waals surface area contributed by atoms with Crippen molar-refractivity contribution >= 4 is 17.5 Å². The highest BCUT2D eigenvalue weighted by Gasteiger charge is 2.27. The van der Waals surface area contributed by atoms with Crippen LogP contribution < -0.4 is 5.32 Å². The molecule has 0 aliphatic carbocycles. The molecule has 1 atom stereocenters. The number of pyridine rings is 1. The number of benzene rings is 1. The Morgan fingerprint density at radius 3 is 2.63 bits per heavy atom. The first-order valence-electron chi connectivity index (χ1n) is 9.83. The summed E-state index contributed by atoms with van der Waals surface area (Å²) >= 11 is 0. The topological polar surface area (TPSA) is 91.0 Å². The first kappa shape index (κ1) is 19.8. The maximum atomic E-state index is 13.0. The van der Waals surface area contributed by atoms with Crippen molar-refractivity contribution < 1.29 is 14.0 Å². The third-order valence-electron chi connectivity index (χ3n) is 5.34. The average molecular weight is 407 g/mol. The van der Waals surface area contributed by atoms with Gasteiger partial charge in [0.05, 0.1) is 17.3 Å². The van der Waals surface area contributed by atoms with E-state index >= 15 is 0 Å². The molecule has 0 saturated carbocycles. The van der Waals surface area contributed by atoms with E-state index in [0.29, 0.717) is 29.9 Å². The molecule has 30 heavy (non-hydrogen) atoms. The molecule has 1 aromatic carbocycles. The van der Waals surface area contributed by atoms with Gasteiger partial charge in [0.15, 0.2) is 0 Å². The van der Waals surface area contributed by atoms with Crippen molar-refractivity contribution in [2.24, 2.45) is 0 Å². The maximum absolute atomic E-state index is 13.0. The number of aryl methyl sites for hydroxylation is 1. The number of carbonyl (C=O) groups excluding carboxylic acids is 2. The van der Waals surface area contributed by atoms with Gasteiger partial charge >= 0.3 is 0 Å². The highest BCUT2D eigenvalue weighted by Crippen LogP contribution is 2.27. The van der Waals surface area contributed by atoms with E-state index in [1.54, 1.807) is 12.3 Å². The smallest absolute Gasteiger partial charge is 0.257 e. The summed E-state index contributed by atoms with van der Waals surface area (Å²) in [6.45, 7) is 3.12. The van der Waals surface area contributed by atoms with Crippen LogP contribution in [0.5, 0.6) is 0 Å². The monoisotopic (exact) mass is 407 g/mol. The molecule has 1 fully saturated rings. The normalized spacial score (nSPS) is 16.3. The zero-order valence-corrected chi connectivity index (χ0v) is 16.6. The molecular formula is C22H22FN5O2. The lowest BCUT2D eigenvalue weighted by Gasteiger charge is -2.32. The van der Waals surface area contributed by atoms with E-state index in [1.807, 2.05) is 17.9 Å². The number of nitrogens with zero attached hydrogens (tertiary/aromatic N) is 3. The van der Waals surface area contributed by atoms with Crippen molar-refractivity contribution in [2.45, 2.75) is 25.7 Å². The Kier molecular flexibility index (Phi) is 5.56. The maximum Gasteiger partial charge on any atom is 0.257 e. The molecule has 1 aliphatic rings. The Labute approximate surface area is 173 Å². The fourth-order valence-corrected chi connectivity index (χ4v) is 3.66. The van der Waals surface area contributed by atoms with Crippen molar-refractivity contribution in [3.8, 4) is 0 Å². The van der Waals surface area contributed by atoms with Gasteiger partial charge in [-0.3, -0.25) is 19.7 Å². The number of hydrogen-bond acceptors (Lipinski definition) is 4. The second-order valence-corrected chi connectivity index (χ2v) is 7.43. The minimum atomic E-state index is -0.359. The number of carbonyl (C=O) groups is 2. The van der Waals surface area contributed by atoms with Crippen LogP contribution in [-0.2, 0) is 0 Å². The van der Waals surface area contributed by atoms with Gasteiger partial charge in [0.2, 0.25) is 0 Å². The largest absolute Gasteiger partial charge is 0.338 e. The zero-order chi connectivity index (χ0) is 21.1. The minimum absolute atomic E-state index is 0.0266. The second-order valence-electron chi connectivity index (χ2n) is 7.43. The Bertz CT molecular complexity index is 1050. The van der Waals surface area contributed by atoms with Crippen molar-refractivity contribution in [3.63, 3.8) is 0 Å². The predicted octanol–water partition coefficient (Wildman–Crippen LogP) is 3.52. The van der Waals surface area contributed by atoms with Gasteiger partial charge in [-0.15, -0.1) is 0 Å². The fraction of sp³-hybridized carbons (Fsp3) is 0.273. The Morgan fingerprint density at radius 2 is 1.97 bits per heavy atom. The molecule has 4 rings (SSSR count). The summed E-state index contributed by atoms with van der Waals surface area (Å²) in [6, 6.07) is 9.15. The molecule has 2 N–H and O–H groups in total. The number of amides is 2. The summed E-state index contributed by atoms with van der Waals surface area (Å²) in [7, 11) is 0. The Hall–Kier alpha value is -3.55. The molecule has 2 amide bonds. The third kappa shape index (κ3) is 4.22. The van der Waals surface area contributed by atoms with Crippen LogP contribution in [0.25, 0.3) is 0 Å². The molecule has 0 radical (unpaired) electrons. The van der Waals surface area contributed by atoms with Crippen LogP contribution >= 0.6 is 0 Å². The number of likely N-dealkylation sites (tertiary alicyclic amines) is 1. The number of piperidine rings is 1. The number of rotatable bonds is 4. The van der Waals surface area contributed by atoms with Crippen molar-refractivity contribution in [1.82, 2.24) is 20.1 Å². The van der Waals surface area contributed by atoms with Crippen LogP contribution in [-0.4, -0.2) is 45.0 Å². The van der Waals surface area contributed by atoms with Crippen LogP contribution in [0, 0.1) is 12.7 Å². The van der Waals surface area contributed by atoms with E-state index < -0.39 is 0 Å². The summed E-state index contributed by atoms with van der Waals surface area (Å²) in [5.74, 6) is -0.580. The van der Waals surface area contributed by atoms with E-state index in [2.05, 4.69) is 20.5 Å². The van der Waals surface area contributed by atoms with E-state index in [1.165, 1.54) is 30.5 Å². The number of aromatic amines is 1. The summed E-state index contributed by atoms with van der Waals surface area (Å²) in [6.07, 6.45) is 4.92. The third-order valence-corrected chi connectivity index (χ3v) is 5.34. The molecule has 3 aromatic rings. The highest BCUT2D eigenvalue weighted by atomic mass is 19.1. The first-order valence-corrected chi connectivity index (χ1v) is 9.83. The molecule has 8 heteroatoms.